The van der Waals surface area contributed by atoms with Crippen molar-refractivity contribution in [1.29, 1.82) is 5.26 Å². The minimum absolute atomic E-state index is 0.121. The van der Waals surface area contributed by atoms with E-state index in [0.717, 1.165) is 5.56 Å². The van der Waals surface area contributed by atoms with E-state index in [-0.39, 0.29) is 12.3 Å². The predicted octanol–water partition coefficient (Wildman–Crippen LogP) is 2.22. The molecule has 0 saturated carbocycles. The van der Waals surface area contributed by atoms with E-state index in [0.29, 0.717) is 16.1 Å². The third-order valence-corrected chi connectivity index (χ3v) is 3.10. The Kier molecular flexibility index (Phi) is 5.12. The van der Waals surface area contributed by atoms with Crippen molar-refractivity contribution in [2.75, 3.05) is 0 Å². The zero-order valence-corrected chi connectivity index (χ0v) is 12.2. The van der Waals surface area contributed by atoms with Crippen LogP contribution in [0.1, 0.15) is 21.5 Å². The van der Waals surface area contributed by atoms with Gasteiger partial charge in [-0.2, -0.15) is 5.26 Å². The number of hydrogen-bond acceptors (Lipinski definition) is 3. The lowest BCUT2D eigenvalue weighted by Crippen LogP contribution is -2.42. The molecule has 0 unspecified atom stereocenters. The third kappa shape index (κ3) is 4.33. The first-order valence-corrected chi connectivity index (χ1v) is 6.80. The Balaban J connectivity index is 1.89. The van der Waals surface area contributed by atoms with Gasteiger partial charge in [0.25, 0.3) is 5.91 Å². The topological polar surface area (TPSA) is 82.0 Å². The van der Waals surface area contributed by atoms with E-state index in [9.17, 15) is 9.59 Å². The van der Waals surface area contributed by atoms with Crippen LogP contribution in [0.5, 0.6) is 0 Å². The number of hydrazine groups is 1. The molecule has 0 aliphatic carbocycles. The van der Waals surface area contributed by atoms with Crippen LogP contribution in [0.25, 0.3) is 0 Å². The predicted molar refractivity (Wildman–Crippen MR) is 81.9 cm³/mol. The van der Waals surface area contributed by atoms with E-state index in [1.165, 1.54) is 6.07 Å². The largest absolute Gasteiger partial charge is 0.273 e. The van der Waals surface area contributed by atoms with Gasteiger partial charge in [0.05, 0.1) is 18.1 Å². The molecule has 0 spiro atoms. The summed E-state index contributed by atoms with van der Waals surface area (Å²) < 4.78 is 0. The number of hydrogen-bond donors (Lipinski definition) is 2. The van der Waals surface area contributed by atoms with Crippen LogP contribution in [0.15, 0.2) is 48.5 Å². The van der Waals surface area contributed by atoms with E-state index in [2.05, 4.69) is 10.9 Å². The van der Waals surface area contributed by atoms with Gasteiger partial charge in [0.1, 0.15) is 0 Å². The molecule has 0 aromatic heterocycles. The van der Waals surface area contributed by atoms with E-state index < -0.39 is 5.91 Å². The van der Waals surface area contributed by atoms with Gasteiger partial charge in [-0.3, -0.25) is 20.4 Å². The second-order valence-electron chi connectivity index (χ2n) is 4.50. The highest BCUT2D eigenvalue weighted by Gasteiger charge is 2.08. The first-order valence-electron chi connectivity index (χ1n) is 6.42. The Hall–Kier alpha value is -2.84. The van der Waals surface area contributed by atoms with Crippen molar-refractivity contribution in [3.05, 3.63) is 70.2 Å². The van der Waals surface area contributed by atoms with Crippen LogP contribution >= 0.6 is 11.6 Å². The Morgan fingerprint density at radius 2 is 1.82 bits per heavy atom. The second-order valence-corrected chi connectivity index (χ2v) is 4.93. The molecule has 110 valence electrons. The van der Waals surface area contributed by atoms with Crippen LogP contribution in [-0.2, 0) is 11.2 Å². The van der Waals surface area contributed by atoms with Crippen molar-refractivity contribution in [1.82, 2.24) is 10.9 Å². The van der Waals surface area contributed by atoms with Gasteiger partial charge in [-0.15, -0.1) is 0 Å². The molecule has 0 fully saturated rings. The fourth-order valence-electron chi connectivity index (χ4n) is 1.76. The molecule has 2 amide bonds. The minimum atomic E-state index is -0.485. The number of nitrogens with zero attached hydrogens (tertiary/aromatic N) is 1. The molecule has 0 heterocycles. The average Bonchev–Trinajstić information content (AvgIpc) is 2.55. The molecule has 0 bridgehead atoms. The molecule has 0 atom stereocenters. The zero-order chi connectivity index (χ0) is 15.9. The fraction of sp³-hybridized carbons (Fsp3) is 0.0625. The lowest BCUT2D eigenvalue weighted by atomic mass is 10.1. The first kappa shape index (κ1) is 15.5. The Bertz CT molecular complexity index is 736. The van der Waals surface area contributed by atoms with Crippen molar-refractivity contribution < 1.29 is 9.59 Å². The average molecular weight is 314 g/mol. The van der Waals surface area contributed by atoms with Crippen LogP contribution < -0.4 is 10.9 Å². The summed E-state index contributed by atoms with van der Waals surface area (Å²) in [6, 6.07) is 15.0. The first-order chi connectivity index (χ1) is 10.6. The number of nitrogens with one attached hydrogen (secondary N) is 2. The van der Waals surface area contributed by atoms with E-state index in [4.69, 9.17) is 16.9 Å². The molecule has 2 aromatic carbocycles. The molecule has 2 aromatic rings. The van der Waals surface area contributed by atoms with Crippen molar-refractivity contribution in [3.8, 4) is 6.07 Å². The Morgan fingerprint density at radius 1 is 1.09 bits per heavy atom. The van der Waals surface area contributed by atoms with Crippen molar-refractivity contribution in [2.24, 2.45) is 0 Å². The molecule has 0 saturated heterocycles. The lowest BCUT2D eigenvalue weighted by Gasteiger charge is -2.07. The summed E-state index contributed by atoms with van der Waals surface area (Å²) >= 11 is 5.76. The maximum atomic E-state index is 11.9. The van der Waals surface area contributed by atoms with Gasteiger partial charge in [-0.05, 0) is 35.9 Å². The van der Waals surface area contributed by atoms with Gasteiger partial charge < -0.3 is 0 Å². The van der Waals surface area contributed by atoms with Crippen LogP contribution in [0.4, 0.5) is 0 Å². The van der Waals surface area contributed by atoms with Crippen LogP contribution in [0.2, 0.25) is 5.02 Å². The van der Waals surface area contributed by atoms with E-state index in [1.807, 2.05) is 6.07 Å². The normalized spacial score (nSPS) is 9.64. The van der Waals surface area contributed by atoms with Crippen molar-refractivity contribution in [3.63, 3.8) is 0 Å². The van der Waals surface area contributed by atoms with Gasteiger partial charge in [-0.25, -0.2) is 0 Å². The fourth-order valence-corrected chi connectivity index (χ4v) is 1.89. The molecule has 0 radical (unpaired) electrons. The number of halogens is 1. The third-order valence-electron chi connectivity index (χ3n) is 2.85. The maximum absolute atomic E-state index is 11.9. The van der Waals surface area contributed by atoms with Crippen LogP contribution in [-0.4, -0.2) is 11.8 Å². The maximum Gasteiger partial charge on any atom is 0.269 e. The van der Waals surface area contributed by atoms with Gasteiger partial charge >= 0.3 is 0 Å². The van der Waals surface area contributed by atoms with E-state index >= 15 is 0 Å². The Labute approximate surface area is 132 Å². The number of carbonyl (C=O) groups excluding carboxylic acids is 2. The van der Waals surface area contributed by atoms with Crippen molar-refractivity contribution in [2.45, 2.75) is 6.42 Å². The second kappa shape index (κ2) is 7.25. The number of nitriles is 1. The highest BCUT2D eigenvalue weighted by molar-refractivity contribution is 6.30. The van der Waals surface area contributed by atoms with Crippen LogP contribution in [0, 0.1) is 11.3 Å². The number of amides is 2. The molecule has 6 heteroatoms. The van der Waals surface area contributed by atoms with Gasteiger partial charge in [0.2, 0.25) is 5.91 Å². The number of rotatable bonds is 3. The zero-order valence-electron chi connectivity index (χ0n) is 11.5. The molecule has 2 N–H and O–H groups in total. The molecular formula is C16H12ClN3O2. The molecule has 0 aliphatic rings. The van der Waals surface area contributed by atoms with Gasteiger partial charge in [0, 0.05) is 10.6 Å². The summed E-state index contributed by atoms with van der Waals surface area (Å²) in [6.07, 6.45) is 0.121. The smallest absolute Gasteiger partial charge is 0.269 e. The van der Waals surface area contributed by atoms with E-state index in [1.54, 1.807) is 42.5 Å². The highest BCUT2D eigenvalue weighted by Crippen LogP contribution is 2.09. The quantitative estimate of drug-likeness (QED) is 0.852. The summed E-state index contributed by atoms with van der Waals surface area (Å²) in [6.45, 7) is 0. The standard InChI is InChI=1S/C16H12ClN3O2/c17-14-6-4-11(5-7-14)9-15(21)19-20-16(22)13-3-1-2-12(8-13)10-18/h1-8H,9H2,(H,19,21)(H,20,22). The lowest BCUT2D eigenvalue weighted by molar-refractivity contribution is -0.121. The monoisotopic (exact) mass is 313 g/mol. The molecule has 0 aliphatic heterocycles. The molecule has 22 heavy (non-hydrogen) atoms. The summed E-state index contributed by atoms with van der Waals surface area (Å²) in [5, 5.41) is 9.38. The summed E-state index contributed by atoms with van der Waals surface area (Å²) in [7, 11) is 0. The Morgan fingerprint density at radius 3 is 2.50 bits per heavy atom. The van der Waals surface area contributed by atoms with Gasteiger partial charge in [-0.1, -0.05) is 29.8 Å². The summed E-state index contributed by atoms with van der Waals surface area (Å²) in [5.41, 5.74) is 6.09. The minimum Gasteiger partial charge on any atom is -0.273 e. The summed E-state index contributed by atoms with van der Waals surface area (Å²) in [4.78, 5) is 23.6. The molecule has 5 nitrogen and oxygen atoms in total. The SMILES string of the molecule is N#Cc1cccc(C(=O)NNC(=O)Cc2ccc(Cl)cc2)c1. The number of carbonyl (C=O) groups is 2. The molecule has 2 rings (SSSR count). The number of benzene rings is 2. The van der Waals surface area contributed by atoms with Crippen LogP contribution in [0.3, 0.4) is 0 Å². The highest BCUT2D eigenvalue weighted by atomic mass is 35.5. The summed E-state index contributed by atoms with van der Waals surface area (Å²) in [5.74, 6) is -0.839. The molecular weight excluding hydrogens is 302 g/mol. The van der Waals surface area contributed by atoms with Gasteiger partial charge in [0.15, 0.2) is 0 Å². The van der Waals surface area contributed by atoms with Crippen molar-refractivity contribution >= 4 is 23.4 Å².